The van der Waals surface area contributed by atoms with Gasteiger partial charge in [-0.25, -0.2) is 9.59 Å². The highest BCUT2D eigenvalue weighted by Crippen LogP contribution is 2.42. The highest BCUT2D eigenvalue weighted by Gasteiger charge is 2.18. The van der Waals surface area contributed by atoms with Gasteiger partial charge in [0.15, 0.2) is 0 Å². The van der Waals surface area contributed by atoms with Crippen molar-refractivity contribution in [3.05, 3.63) is 79.5 Å². The topological polar surface area (TPSA) is 74.6 Å². The van der Waals surface area contributed by atoms with Gasteiger partial charge in [-0.05, 0) is 83.3 Å². The van der Waals surface area contributed by atoms with Crippen LogP contribution in [0.1, 0.15) is 30.5 Å². The molecule has 2 N–H and O–H groups in total. The molecule has 0 atom stereocenters. The van der Waals surface area contributed by atoms with Crippen LogP contribution in [0.3, 0.4) is 0 Å². The molecule has 8 heteroatoms. The number of thiophene rings is 2. The molecule has 170 valence electrons. The van der Waals surface area contributed by atoms with Gasteiger partial charge in [-0.1, -0.05) is 35.3 Å². The summed E-state index contributed by atoms with van der Waals surface area (Å²) in [5, 5.41) is 21.3. The van der Waals surface area contributed by atoms with Gasteiger partial charge in [-0.3, -0.25) is 0 Å². The second-order valence-electron chi connectivity index (χ2n) is 7.98. The van der Waals surface area contributed by atoms with Crippen molar-refractivity contribution in [3.63, 3.8) is 0 Å². The lowest BCUT2D eigenvalue weighted by Crippen LogP contribution is -1.93. The predicted molar refractivity (Wildman–Crippen MR) is 141 cm³/mol. The monoisotopic (exact) mass is 526 g/mol. The van der Waals surface area contributed by atoms with Crippen LogP contribution in [-0.4, -0.2) is 22.2 Å². The Kier molecular flexibility index (Phi) is 5.65. The van der Waals surface area contributed by atoms with E-state index in [1.165, 1.54) is 22.7 Å². The van der Waals surface area contributed by atoms with Gasteiger partial charge < -0.3 is 10.2 Å². The van der Waals surface area contributed by atoms with Crippen LogP contribution in [0.15, 0.2) is 48.5 Å². The summed E-state index contributed by atoms with van der Waals surface area (Å²) in [6, 6.07) is 14.7. The van der Waals surface area contributed by atoms with Crippen molar-refractivity contribution < 1.29 is 19.8 Å². The number of rotatable bonds is 4. The van der Waals surface area contributed by atoms with E-state index in [0.29, 0.717) is 10.0 Å². The molecule has 2 aromatic heterocycles. The van der Waals surface area contributed by atoms with Crippen LogP contribution in [0, 0.1) is 13.8 Å². The Morgan fingerprint density at radius 2 is 1.03 bits per heavy atom. The Hall–Kier alpha value is -2.90. The maximum atomic E-state index is 11.4. The largest absolute Gasteiger partial charge is 0.477 e. The minimum Gasteiger partial charge on any atom is -0.477 e. The minimum absolute atomic E-state index is 0.274. The smallest absolute Gasteiger partial charge is 0.345 e. The fraction of sp³-hybridized carbons (Fsp3) is 0.0769. The summed E-state index contributed by atoms with van der Waals surface area (Å²) in [5.74, 6) is -1.91. The summed E-state index contributed by atoms with van der Waals surface area (Å²) in [7, 11) is 0. The summed E-state index contributed by atoms with van der Waals surface area (Å²) < 4.78 is 1.72. The molecule has 2 heterocycles. The molecule has 0 bridgehead atoms. The van der Waals surface area contributed by atoms with E-state index in [1.807, 2.05) is 38.1 Å². The van der Waals surface area contributed by atoms with Crippen molar-refractivity contribution in [2.75, 3.05) is 0 Å². The summed E-state index contributed by atoms with van der Waals surface area (Å²) in [5.41, 5.74) is 5.65. The molecule has 34 heavy (non-hydrogen) atoms. The molecule has 0 spiro atoms. The van der Waals surface area contributed by atoms with E-state index < -0.39 is 11.9 Å². The fourth-order valence-corrected chi connectivity index (χ4v) is 6.54. The standard InChI is InChI=1S/C26H16Cl2O4S2/c1-11-12(2)16(18-10-22-14(6-20(18)28)8-24(34-22)26(31)32)4-3-15(11)17-9-21-13(5-19(17)27)7-23(33-21)25(29)30/h3-10H,1-2H3,(H,29,30)(H,31,32). The van der Waals surface area contributed by atoms with Gasteiger partial charge in [-0.15, -0.1) is 22.7 Å². The Bertz CT molecular complexity index is 1540. The van der Waals surface area contributed by atoms with Crippen LogP contribution < -0.4 is 0 Å². The van der Waals surface area contributed by atoms with Crippen LogP contribution in [0.25, 0.3) is 42.4 Å². The molecule has 3 aromatic carbocycles. The summed E-state index contributed by atoms with van der Waals surface area (Å²) in [6.07, 6.45) is 0. The number of halogens is 2. The lowest BCUT2D eigenvalue weighted by molar-refractivity contribution is 0.0691. The van der Waals surface area contributed by atoms with E-state index in [1.54, 1.807) is 24.3 Å². The fourth-order valence-electron chi connectivity index (χ4n) is 4.15. The molecular formula is C26H16Cl2O4S2. The van der Waals surface area contributed by atoms with E-state index >= 15 is 0 Å². The van der Waals surface area contributed by atoms with Gasteiger partial charge in [-0.2, -0.15) is 0 Å². The van der Waals surface area contributed by atoms with Gasteiger partial charge in [0.05, 0.1) is 0 Å². The minimum atomic E-state index is -0.953. The van der Waals surface area contributed by atoms with Crippen molar-refractivity contribution >= 4 is 78.0 Å². The van der Waals surface area contributed by atoms with E-state index in [0.717, 1.165) is 53.6 Å². The third-order valence-corrected chi connectivity index (χ3v) is 8.80. The van der Waals surface area contributed by atoms with Crippen LogP contribution in [0.4, 0.5) is 0 Å². The summed E-state index contributed by atoms with van der Waals surface area (Å²) in [6.45, 7) is 4.04. The number of hydrogen-bond acceptors (Lipinski definition) is 4. The quantitative estimate of drug-likeness (QED) is 0.245. The summed E-state index contributed by atoms with van der Waals surface area (Å²) in [4.78, 5) is 23.3. The number of hydrogen-bond donors (Lipinski definition) is 2. The van der Waals surface area contributed by atoms with E-state index in [-0.39, 0.29) is 9.75 Å². The third-order valence-electron chi connectivity index (χ3n) is 6.00. The number of fused-ring (bicyclic) bond motifs is 2. The first kappa shape index (κ1) is 22.9. The number of carboxylic acid groups (broad SMARTS) is 2. The summed E-state index contributed by atoms with van der Waals surface area (Å²) >= 11 is 15.7. The van der Waals surface area contributed by atoms with Gasteiger partial charge >= 0.3 is 11.9 Å². The van der Waals surface area contributed by atoms with Crippen LogP contribution in [0.5, 0.6) is 0 Å². The molecule has 0 saturated carbocycles. The Morgan fingerprint density at radius 1 is 0.647 bits per heavy atom. The van der Waals surface area contributed by atoms with Crippen LogP contribution in [0.2, 0.25) is 10.0 Å². The Balaban J connectivity index is 1.64. The van der Waals surface area contributed by atoms with Crippen molar-refractivity contribution in [1.82, 2.24) is 0 Å². The Labute approximate surface area is 212 Å². The lowest BCUT2D eigenvalue weighted by Gasteiger charge is -2.16. The van der Waals surface area contributed by atoms with Gasteiger partial charge in [0.1, 0.15) is 9.75 Å². The molecule has 0 fully saturated rings. The average Bonchev–Trinajstić information content (AvgIpc) is 3.38. The van der Waals surface area contributed by atoms with Crippen molar-refractivity contribution in [1.29, 1.82) is 0 Å². The van der Waals surface area contributed by atoms with Crippen LogP contribution in [-0.2, 0) is 0 Å². The first-order valence-corrected chi connectivity index (χ1v) is 12.6. The molecule has 5 aromatic rings. The second-order valence-corrected chi connectivity index (χ2v) is 11.0. The third kappa shape index (κ3) is 3.77. The molecule has 0 aliphatic rings. The first-order chi connectivity index (χ1) is 16.1. The van der Waals surface area contributed by atoms with E-state index in [9.17, 15) is 19.8 Å². The maximum absolute atomic E-state index is 11.4. The van der Waals surface area contributed by atoms with E-state index in [2.05, 4.69) is 0 Å². The molecule has 5 rings (SSSR count). The zero-order valence-electron chi connectivity index (χ0n) is 17.9. The SMILES string of the molecule is Cc1c(-c2cc3sc(C(=O)O)cc3cc2Cl)ccc(-c2cc3sc(C(=O)O)cc3cc2Cl)c1C. The predicted octanol–water partition coefficient (Wildman–Crippen LogP) is 8.77. The van der Waals surface area contributed by atoms with Gasteiger partial charge in [0.25, 0.3) is 0 Å². The maximum Gasteiger partial charge on any atom is 0.345 e. The molecule has 0 unspecified atom stereocenters. The molecule has 4 nitrogen and oxygen atoms in total. The normalized spacial score (nSPS) is 11.4. The average molecular weight is 527 g/mol. The molecule has 0 aliphatic carbocycles. The second kappa shape index (κ2) is 8.40. The lowest BCUT2D eigenvalue weighted by atomic mass is 9.90. The van der Waals surface area contributed by atoms with Gasteiger partial charge in [0, 0.05) is 30.6 Å². The van der Waals surface area contributed by atoms with E-state index in [4.69, 9.17) is 23.2 Å². The number of carbonyl (C=O) groups is 2. The molecule has 0 amide bonds. The van der Waals surface area contributed by atoms with Crippen LogP contribution >= 0.6 is 45.9 Å². The first-order valence-electron chi connectivity index (χ1n) is 10.2. The molecular weight excluding hydrogens is 511 g/mol. The zero-order valence-corrected chi connectivity index (χ0v) is 21.0. The van der Waals surface area contributed by atoms with Crippen molar-refractivity contribution in [3.8, 4) is 22.3 Å². The number of carboxylic acids is 2. The molecule has 0 saturated heterocycles. The van der Waals surface area contributed by atoms with Crippen molar-refractivity contribution in [2.24, 2.45) is 0 Å². The highest BCUT2D eigenvalue weighted by molar-refractivity contribution is 7.21. The zero-order chi connectivity index (χ0) is 24.3. The molecule has 0 radical (unpaired) electrons. The number of aromatic carboxylic acids is 2. The molecule has 0 aliphatic heterocycles. The Morgan fingerprint density at radius 3 is 1.38 bits per heavy atom. The number of benzene rings is 3. The van der Waals surface area contributed by atoms with Crippen molar-refractivity contribution in [2.45, 2.75) is 13.8 Å². The van der Waals surface area contributed by atoms with Gasteiger partial charge in [0.2, 0.25) is 0 Å². The highest BCUT2D eigenvalue weighted by atomic mass is 35.5.